The predicted molar refractivity (Wildman–Crippen MR) is 75.7 cm³/mol. The van der Waals surface area contributed by atoms with Crippen LogP contribution >= 0.6 is 23.2 Å². The second-order valence-corrected chi connectivity index (χ2v) is 6.02. The van der Waals surface area contributed by atoms with Gasteiger partial charge in [-0.25, -0.2) is 4.98 Å². The van der Waals surface area contributed by atoms with E-state index in [2.05, 4.69) is 15.2 Å². The van der Waals surface area contributed by atoms with Crippen molar-refractivity contribution in [2.24, 2.45) is 5.92 Å². The van der Waals surface area contributed by atoms with Gasteiger partial charge in [-0.15, -0.1) is 0 Å². The molecule has 102 valence electrons. The highest BCUT2D eigenvalue weighted by Gasteiger charge is 2.33. The van der Waals surface area contributed by atoms with Gasteiger partial charge < -0.3 is 10.2 Å². The summed E-state index contributed by atoms with van der Waals surface area (Å²) in [6.45, 7) is 1.48. The van der Waals surface area contributed by atoms with E-state index in [1.165, 1.54) is 0 Å². The third-order valence-electron chi connectivity index (χ3n) is 3.57. The zero-order chi connectivity index (χ0) is 13.4. The molecule has 4 nitrogen and oxygen atoms in total. The Kier molecular flexibility index (Phi) is 3.54. The van der Waals surface area contributed by atoms with Crippen LogP contribution in [0.5, 0.6) is 0 Å². The minimum absolute atomic E-state index is 0.0362. The Labute approximate surface area is 122 Å². The molecule has 19 heavy (non-hydrogen) atoms. The fourth-order valence-corrected chi connectivity index (χ4v) is 2.85. The van der Waals surface area contributed by atoms with Gasteiger partial charge in [0.05, 0.1) is 16.0 Å². The summed E-state index contributed by atoms with van der Waals surface area (Å²) in [5.74, 6) is 0.914. The summed E-state index contributed by atoms with van der Waals surface area (Å²) >= 11 is 12.0. The summed E-state index contributed by atoms with van der Waals surface area (Å²) in [5, 5.41) is 4.11. The highest BCUT2D eigenvalue weighted by Crippen LogP contribution is 2.30. The summed E-state index contributed by atoms with van der Waals surface area (Å²) in [6, 6.07) is 2.10. The SMILES string of the molecule is O=C(NC1CC1)C1CCN(c2ncc(Cl)cc2Cl)C1. The Hall–Kier alpha value is -1.000. The van der Waals surface area contributed by atoms with Crippen LogP contribution < -0.4 is 10.2 Å². The molecule has 1 aromatic rings. The van der Waals surface area contributed by atoms with Gasteiger partial charge in [0.25, 0.3) is 0 Å². The normalized spacial score (nSPS) is 22.6. The van der Waals surface area contributed by atoms with Crippen molar-refractivity contribution in [2.75, 3.05) is 18.0 Å². The molecule has 1 aliphatic heterocycles. The largest absolute Gasteiger partial charge is 0.355 e. The summed E-state index contributed by atoms with van der Waals surface area (Å²) < 4.78 is 0. The number of amides is 1. The summed E-state index contributed by atoms with van der Waals surface area (Å²) in [4.78, 5) is 18.3. The number of halogens is 2. The van der Waals surface area contributed by atoms with Gasteiger partial charge in [0, 0.05) is 25.3 Å². The van der Waals surface area contributed by atoms with Gasteiger partial charge in [-0.1, -0.05) is 23.2 Å². The van der Waals surface area contributed by atoms with E-state index < -0.39 is 0 Å². The van der Waals surface area contributed by atoms with Crippen molar-refractivity contribution in [3.05, 3.63) is 22.3 Å². The Morgan fingerprint density at radius 3 is 2.84 bits per heavy atom. The first-order chi connectivity index (χ1) is 9.13. The first kappa shape index (κ1) is 13.0. The van der Waals surface area contributed by atoms with Crippen molar-refractivity contribution >= 4 is 34.9 Å². The first-order valence-corrected chi connectivity index (χ1v) is 7.25. The van der Waals surface area contributed by atoms with Crippen LogP contribution in [0.25, 0.3) is 0 Å². The molecule has 2 aliphatic rings. The van der Waals surface area contributed by atoms with Crippen LogP contribution in [0.15, 0.2) is 12.3 Å². The Balaban J connectivity index is 1.65. The van der Waals surface area contributed by atoms with Crippen LogP contribution in [-0.2, 0) is 4.79 Å². The van der Waals surface area contributed by atoms with E-state index in [9.17, 15) is 4.79 Å². The van der Waals surface area contributed by atoms with Crippen molar-refractivity contribution in [3.63, 3.8) is 0 Å². The van der Waals surface area contributed by atoms with E-state index in [0.29, 0.717) is 28.4 Å². The lowest BCUT2D eigenvalue weighted by atomic mass is 10.1. The highest BCUT2D eigenvalue weighted by atomic mass is 35.5. The lowest BCUT2D eigenvalue weighted by Gasteiger charge is -2.18. The predicted octanol–water partition coefficient (Wildman–Crippen LogP) is 2.49. The number of hydrogen-bond donors (Lipinski definition) is 1. The average molecular weight is 300 g/mol. The minimum Gasteiger partial charge on any atom is -0.355 e. The van der Waals surface area contributed by atoms with E-state index in [4.69, 9.17) is 23.2 Å². The van der Waals surface area contributed by atoms with Crippen LogP contribution in [0.2, 0.25) is 10.0 Å². The second kappa shape index (κ2) is 5.17. The van der Waals surface area contributed by atoms with Crippen LogP contribution in [-0.4, -0.2) is 30.0 Å². The molecular weight excluding hydrogens is 285 g/mol. The fourth-order valence-electron chi connectivity index (χ4n) is 2.35. The molecule has 1 N–H and O–H groups in total. The lowest BCUT2D eigenvalue weighted by Crippen LogP contribution is -2.34. The molecule has 6 heteroatoms. The number of carbonyl (C=O) groups is 1. The van der Waals surface area contributed by atoms with E-state index in [1.807, 2.05) is 0 Å². The van der Waals surface area contributed by atoms with E-state index in [1.54, 1.807) is 12.3 Å². The molecule has 2 heterocycles. The fraction of sp³-hybridized carbons (Fsp3) is 0.538. The third kappa shape index (κ3) is 2.95. The quantitative estimate of drug-likeness (QED) is 0.933. The topological polar surface area (TPSA) is 45.2 Å². The Morgan fingerprint density at radius 1 is 1.37 bits per heavy atom. The number of hydrogen-bond acceptors (Lipinski definition) is 3. The average Bonchev–Trinajstić information content (AvgIpc) is 3.04. The number of pyridine rings is 1. The zero-order valence-corrected chi connectivity index (χ0v) is 11.9. The number of nitrogens with zero attached hydrogens (tertiary/aromatic N) is 2. The number of aromatic nitrogens is 1. The van der Waals surface area contributed by atoms with Crippen molar-refractivity contribution in [2.45, 2.75) is 25.3 Å². The molecule has 1 unspecified atom stereocenters. The smallest absolute Gasteiger partial charge is 0.225 e. The van der Waals surface area contributed by atoms with Gasteiger partial charge in [0.15, 0.2) is 0 Å². The molecule has 1 atom stereocenters. The molecule has 2 fully saturated rings. The molecule has 3 rings (SSSR count). The summed E-state index contributed by atoms with van der Waals surface area (Å²) in [7, 11) is 0. The van der Waals surface area contributed by atoms with Crippen molar-refractivity contribution in [1.82, 2.24) is 10.3 Å². The molecule has 1 aliphatic carbocycles. The molecular formula is C13H15Cl2N3O. The first-order valence-electron chi connectivity index (χ1n) is 6.50. The highest BCUT2D eigenvalue weighted by molar-refractivity contribution is 6.36. The van der Waals surface area contributed by atoms with Gasteiger partial charge in [-0.2, -0.15) is 0 Å². The number of carbonyl (C=O) groups excluding carboxylic acids is 1. The second-order valence-electron chi connectivity index (χ2n) is 5.17. The van der Waals surface area contributed by atoms with Crippen LogP contribution in [0.1, 0.15) is 19.3 Å². The van der Waals surface area contributed by atoms with Gasteiger partial charge in [-0.05, 0) is 25.3 Å². The maximum absolute atomic E-state index is 12.0. The molecule has 1 aromatic heterocycles. The van der Waals surface area contributed by atoms with E-state index in [-0.39, 0.29) is 11.8 Å². The molecule has 1 amide bonds. The van der Waals surface area contributed by atoms with Gasteiger partial charge in [0.1, 0.15) is 5.82 Å². The molecule has 0 radical (unpaired) electrons. The van der Waals surface area contributed by atoms with Crippen molar-refractivity contribution in [1.29, 1.82) is 0 Å². The maximum Gasteiger partial charge on any atom is 0.225 e. The minimum atomic E-state index is 0.0362. The number of nitrogens with one attached hydrogen (secondary N) is 1. The van der Waals surface area contributed by atoms with Gasteiger partial charge >= 0.3 is 0 Å². The Bertz CT molecular complexity index is 505. The van der Waals surface area contributed by atoms with Crippen LogP contribution in [0, 0.1) is 5.92 Å². The lowest BCUT2D eigenvalue weighted by molar-refractivity contribution is -0.124. The molecule has 1 saturated heterocycles. The zero-order valence-electron chi connectivity index (χ0n) is 10.4. The van der Waals surface area contributed by atoms with Crippen LogP contribution in [0.3, 0.4) is 0 Å². The summed E-state index contributed by atoms with van der Waals surface area (Å²) in [5.41, 5.74) is 0. The van der Waals surface area contributed by atoms with E-state index >= 15 is 0 Å². The van der Waals surface area contributed by atoms with Gasteiger partial charge in [-0.3, -0.25) is 4.79 Å². The maximum atomic E-state index is 12.0. The van der Waals surface area contributed by atoms with E-state index in [0.717, 1.165) is 25.8 Å². The van der Waals surface area contributed by atoms with Crippen molar-refractivity contribution < 1.29 is 4.79 Å². The molecule has 0 aromatic carbocycles. The monoisotopic (exact) mass is 299 g/mol. The van der Waals surface area contributed by atoms with Crippen LogP contribution in [0.4, 0.5) is 5.82 Å². The number of anilines is 1. The molecule has 1 saturated carbocycles. The standard InChI is InChI=1S/C13H15Cl2N3O/c14-9-5-11(15)12(16-6-9)18-4-3-8(7-18)13(19)17-10-1-2-10/h5-6,8,10H,1-4,7H2,(H,17,19). The van der Waals surface area contributed by atoms with Crippen molar-refractivity contribution in [3.8, 4) is 0 Å². The molecule has 0 spiro atoms. The Morgan fingerprint density at radius 2 is 2.16 bits per heavy atom. The van der Waals surface area contributed by atoms with Gasteiger partial charge in [0.2, 0.25) is 5.91 Å². The third-order valence-corrected chi connectivity index (χ3v) is 4.06. The summed E-state index contributed by atoms with van der Waals surface area (Å²) in [6.07, 6.45) is 4.67. The molecule has 0 bridgehead atoms. The number of rotatable bonds is 3.